The van der Waals surface area contributed by atoms with E-state index in [2.05, 4.69) is 4.90 Å². The van der Waals surface area contributed by atoms with Crippen LogP contribution in [-0.4, -0.2) is 38.4 Å². The second-order valence-corrected chi connectivity index (χ2v) is 8.28. The second kappa shape index (κ2) is 7.14. The summed E-state index contributed by atoms with van der Waals surface area (Å²) in [5, 5.41) is 0. The van der Waals surface area contributed by atoms with Crippen molar-refractivity contribution in [2.24, 2.45) is 0 Å². The lowest BCUT2D eigenvalue weighted by Crippen LogP contribution is -2.54. The zero-order valence-corrected chi connectivity index (χ0v) is 15.3. The van der Waals surface area contributed by atoms with Crippen molar-refractivity contribution in [1.29, 1.82) is 0 Å². The average Bonchev–Trinajstić information content (AvgIpc) is 2.62. The third-order valence-corrected chi connectivity index (χ3v) is 6.72. The third-order valence-electron chi connectivity index (χ3n) is 4.70. The molecule has 0 amide bonds. The van der Waals surface area contributed by atoms with Gasteiger partial charge in [0.1, 0.15) is 5.82 Å². The van der Waals surface area contributed by atoms with Crippen molar-refractivity contribution >= 4 is 15.7 Å². The minimum absolute atomic E-state index is 0.158. The smallest absolute Gasteiger partial charge is 0.243 e. The fourth-order valence-corrected chi connectivity index (χ4v) is 4.83. The highest BCUT2D eigenvalue weighted by Crippen LogP contribution is 2.25. The molecule has 1 aliphatic heterocycles. The average molecular weight is 362 g/mol. The molecular formula is C19H23FN2O2S. The third kappa shape index (κ3) is 3.70. The molecule has 2 aromatic rings. The fourth-order valence-electron chi connectivity index (χ4n) is 3.22. The molecule has 0 aromatic heterocycles. The molecule has 0 saturated carbocycles. The molecule has 4 nitrogen and oxygen atoms in total. The number of piperazine rings is 1. The first kappa shape index (κ1) is 17.9. The van der Waals surface area contributed by atoms with E-state index in [0.717, 1.165) is 17.7 Å². The second-order valence-electron chi connectivity index (χ2n) is 6.38. The number of anilines is 1. The highest BCUT2D eigenvalue weighted by molar-refractivity contribution is 7.89. The molecule has 0 spiro atoms. The molecule has 1 aliphatic rings. The molecular weight excluding hydrogens is 339 g/mol. The minimum atomic E-state index is -3.50. The van der Waals surface area contributed by atoms with Crippen LogP contribution in [-0.2, 0) is 16.4 Å². The first-order chi connectivity index (χ1) is 11.9. The van der Waals surface area contributed by atoms with Crippen LogP contribution in [0.5, 0.6) is 0 Å². The summed E-state index contributed by atoms with van der Waals surface area (Å²) in [6.45, 7) is 5.53. The maximum Gasteiger partial charge on any atom is 0.243 e. The van der Waals surface area contributed by atoms with E-state index in [9.17, 15) is 12.8 Å². The van der Waals surface area contributed by atoms with Crippen molar-refractivity contribution in [2.75, 3.05) is 24.5 Å². The predicted octanol–water partition coefficient (Wildman–Crippen LogP) is 3.29. The molecule has 1 saturated heterocycles. The van der Waals surface area contributed by atoms with Gasteiger partial charge in [-0.3, -0.25) is 0 Å². The molecule has 1 heterocycles. The lowest BCUT2D eigenvalue weighted by Gasteiger charge is -2.40. The van der Waals surface area contributed by atoms with E-state index in [4.69, 9.17) is 0 Å². The molecule has 3 rings (SSSR count). The maximum atomic E-state index is 13.1. The summed E-state index contributed by atoms with van der Waals surface area (Å²) in [6.07, 6.45) is 0.882. The van der Waals surface area contributed by atoms with Gasteiger partial charge in [-0.15, -0.1) is 0 Å². The van der Waals surface area contributed by atoms with Gasteiger partial charge in [0.25, 0.3) is 0 Å². The van der Waals surface area contributed by atoms with E-state index in [-0.39, 0.29) is 11.9 Å². The molecule has 0 N–H and O–H groups in total. The number of rotatable bonds is 4. The number of hydrogen-bond acceptors (Lipinski definition) is 3. The van der Waals surface area contributed by atoms with E-state index in [1.165, 1.54) is 12.1 Å². The summed E-state index contributed by atoms with van der Waals surface area (Å²) in [5.41, 5.74) is 2.03. The van der Waals surface area contributed by atoms with Crippen LogP contribution in [0.4, 0.5) is 10.1 Å². The van der Waals surface area contributed by atoms with Gasteiger partial charge in [-0.25, -0.2) is 12.8 Å². The summed E-state index contributed by atoms with van der Waals surface area (Å²) in [7, 11) is -3.50. The summed E-state index contributed by atoms with van der Waals surface area (Å²) < 4.78 is 40.5. The van der Waals surface area contributed by atoms with E-state index in [0.29, 0.717) is 24.5 Å². The maximum absolute atomic E-state index is 13.1. The first-order valence-electron chi connectivity index (χ1n) is 8.53. The van der Waals surface area contributed by atoms with Gasteiger partial charge in [-0.2, -0.15) is 4.31 Å². The Morgan fingerprint density at radius 3 is 2.24 bits per heavy atom. The van der Waals surface area contributed by atoms with E-state index < -0.39 is 10.0 Å². The molecule has 0 radical (unpaired) electrons. The largest absolute Gasteiger partial charge is 0.369 e. The Morgan fingerprint density at radius 1 is 1.04 bits per heavy atom. The minimum Gasteiger partial charge on any atom is -0.369 e. The number of sulfonamides is 1. The summed E-state index contributed by atoms with van der Waals surface area (Å²) >= 11 is 0. The van der Waals surface area contributed by atoms with Crippen molar-refractivity contribution < 1.29 is 12.8 Å². The molecule has 134 valence electrons. The van der Waals surface area contributed by atoms with Crippen molar-refractivity contribution in [1.82, 2.24) is 4.31 Å². The van der Waals surface area contributed by atoms with Crippen LogP contribution in [0.1, 0.15) is 19.4 Å². The summed E-state index contributed by atoms with van der Waals surface area (Å²) in [5.74, 6) is -0.270. The summed E-state index contributed by atoms with van der Waals surface area (Å²) in [4.78, 5) is 2.43. The van der Waals surface area contributed by atoms with E-state index in [1.807, 2.05) is 26.0 Å². The van der Waals surface area contributed by atoms with Crippen molar-refractivity contribution in [3.8, 4) is 0 Å². The standard InChI is InChI=1S/C19H23FN2O2S/c1-3-16-4-10-19(11-5-16)25(23,24)22-13-12-21(14-15(22)2)18-8-6-17(20)7-9-18/h4-11,15H,3,12-14H2,1-2H3. The summed E-state index contributed by atoms with van der Waals surface area (Å²) in [6, 6.07) is 13.3. The number of halogens is 1. The molecule has 0 bridgehead atoms. The van der Waals surface area contributed by atoms with Gasteiger partial charge in [0.15, 0.2) is 0 Å². The van der Waals surface area contributed by atoms with Gasteiger partial charge in [-0.05, 0) is 55.3 Å². The molecule has 1 unspecified atom stereocenters. The van der Waals surface area contributed by atoms with Gasteiger partial charge >= 0.3 is 0 Å². The quantitative estimate of drug-likeness (QED) is 0.838. The van der Waals surface area contributed by atoms with Crippen molar-refractivity contribution in [3.05, 3.63) is 59.9 Å². The molecule has 1 atom stereocenters. The molecule has 1 fully saturated rings. The van der Waals surface area contributed by atoms with Crippen LogP contribution >= 0.6 is 0 Å². The van der Waals surface area contributed by atoms with Crippen molar-refractivity contribution in [3.63, 3.8) is 0 Å². The van der Waals surface area contributed by atoms with E-state index >= 15 is 0 Å². The Balaban J connectivity index is 1.76. The van der Waals surface area contributed by atoms with Crippen LogP contribution in [0.3, 0.4) is 0 Å². The van der Waals surface area contributed by atoms with Crippen molar-refractivity contribution in [2.45, 2.75) is 31.2 Å². The van der Waals surface area contributed by atoms with Crippen LogP contribution in [0.15, 0.2) is 53.4 Å². The zero-order valence-electron chi connectivity index (χ0n) is 14.5. The normalized spacial score (nSPS) is 19.2. The van der Waals surface area contributed by atoms with Crippen LogP contribution in [0.2, 0.25) is 0 Å². The lowest BCUT2D eigenvalue weighted by atomic mass is 10.2. The Morgan fingerprint density at radius 2 is 1.68 bits per heavy atom. The topological polar surface area (TPSA) is 40.6 Å². The Labute approximate surface area is 148 Å². The van der Waals surface area contributed by atoms with Gasteiger partial charge in [0, 0.05) is 31.4 Å². The van der Waals surface area contributed by atoms with Crippen LogP contribution in [0, 0.1) is 5.82 Å². The lowest BCUT2D eigenvalue weighted by molar-refractivity contribution is 0.306. The van der Waals surface area contributed by atoms with Gasteiger partial charge in [0.2, 0.25) is 10.0 Å². The number of benzene rings is 2. The highest BCUT2D eigenvalue weighted by Gasteiger charge is 2.33. The fraction of sp³-hybridized carbons (Fsp3) is 0.368. The monoisotopic (exact) mass is 362 g/mol. The number of nitrogens with zero attached hydrogens (tertiary/aromatic N) is 2. The van der Waals surface area contributed by atoms with E-state index in [1.54, 1.807) is 28.6 Å². The SMILES string of the molecule is CCc1ccc(S(=O)(=O)N2CCN(c3ccc(F)cc3)CC2C)cc1. The highest BCUT2D eigenvalue weighted by atomic mass is 32.2. The van der Waals surface area contributed by atoms with Gasteiger partial charge < -0.3 is 4.90 Å². The Hall–Kier alpha value is -1.92. The number of aryl methyl sites for hydroxylation is 1. The first-order valence-corrected chi connectivity index (χ1v) is 9.97. The zero-order chi connectivity index (χ0) is 18.0. The van der Waals surface area contributed by atoms with Crippen LogP contribution in [0.25, 0.3) is 0 Å². The van der Waals surface area contributed by atoms with Gasteiger partial charge in [-0.1, -0.05) is 19.1 Å². The predicted molar refractivity (Wildman–Crippen MR) is 97.8 cm³/mol. The molecule has 2 aromatic carbocycles. The Bertz CT molecular complexity index is 820. The molecule has 0 aliphatic carbocycles. The van der Waals surface area contributed by atoms with Gasteiger partial charge in [0.05, 0.1) is 4.90 Å². The molecule has 25 heavy (non-hydrogen) atoms. The van der Waals surface area contributed by atoms with Crippen LogP contribution < -0.4 is 4.90 Å². The Kier molecular flexibility index (Phi) is 5.11. The molecule has 6 heteroatoms. The number of hydrogen-bond donors (Lipinski definition) is 0.